The monoisotopic (exact) mass is 447 g/mol. The van der Waals surface area contributed by atoms with Crippen molar-refractivity contribution in [1.82, 2.24) is 19.5 Å². The zero-order chi connectivity index (χ0) is 21.1. The van der Waals surface area contributed by atoms with Gasteiger partial charge in [-0.05, 0) is 48.9 Å². The molecule has 1 aliphatic rings. The highest BCUT2D eigenvalue weighted by Gasteiger charge is 2.26. The quantitative estimate of drug-likeness (QED) is 0.412. The summed E-state index contributed by atoms with van der Waals surface area (Å²) in [6.07, 6.45) is 3.91. The third kappa shape index (κ3) is 4.35. The molecular formula is C18H17N5O5S2. The van der Waals surface area contributed by atoms with Crippen molar-refractivity contribution >= 4 is 27.5 Å². The fourth-order valence-corrected chi connectivity index (χ4v) is 5.23. The Labute approximate surface area is 176 Å². The Morgan fingerprint density at radius 2 is 1.90 bits per heavy atom. The fourth-order valence-electron chi connectivity index (χ4n) is 3.04. The number of nitrogens with zero attached hydrogens (tertiary/aromatic N) is 5. The van der Waals surface area contributed by atoms with E-state index in [0.29, 0.717) is 23.7 Å². The van der Waals surface area contributed by atoms with E-state index in [1.54, 1.807) is 18.2 Å². The van der Waals surface area contributed by atoms with Crippen molar-refractivity contribution in [2.45, 2.75) is 34.4 Å². The maximum Gasteiger partial charge on any atom is 0.287 e. The second kappa shape index (κ2) is 8.50. The predicted octanol–water partition coefficient (Wildman–Crippen LogP) is 3.37. The maximum absolute atomic E-state index is 12.9. The van der Waals surface area contributed by atoms with E-state index < -0.39 is 14.9 Å². The van der Waals surface area contributed by atoms with Gasteiger partial charge in [-0.15, -0.1) is 10.2 Å². The molecule has 1 aromatic carbocycles. The van der Waals surface area contributed by atoms with Crippen LogP contribution in [0, 0.1) is 10.1 Å². The molecule has 3 heterocycles. The lowest BCUT2D eigenvalue weighted by atomic mass is 10.2. The minimum atomic E-state index is -3.57. The summed E-state index contributed by atoms with van der Waals surface area (Å²) in [5, 5.41) is 19.3. The molecule has 0 radical (unpaired) electrons. The molecule has 0 N–H and O–H groups in total. The van der Waals surface area contributed by atoms with Gasteiger partial charge in [0.15, 0.2) is 0 Å². The zero-order valence-electron chi connectivity index (χ0n) is 15.7. The topological polar surface area (TPSA) is 132 Å². The molecule has 0 unspecified atom stereocenters. The molecule has 2 aromatic heterocycles. The third-order valence-corrected chi connectivity index (χ3v) is 7.25. The van der Waals surface area contributed by atoms with Gasteiger partial charge in [0.1, 0.15) is 11.2 Å². The first-order chi connectivity index (χ1) is 14.4. The average molecular weight is 447 g/mol. The summed E-state index contributed by atoms with van der Waals surface area (Å²) in [6.45, 7) is 1.05. The summed E-state index contributed by atoms with van der Waals surface area (Å²) >= 11 is 1.06. The lowest BCUT2D eigenvalue weighted by Crippen LogP contribution is -2.35. The van der Waals surface area contributed by atoms with Crippen molar-refractivity contribution in [2.24, 2.45) is 0 Å². The number of piperidine rings is 1. The molecule has 0 bridgehead atoms. The molecule has 1 saturated heterocycles. The smallest absolute Gasteiger partial charge is 0.287 e. The number of nitro groups is 1. The Morgan fingerprint density at radius 3 is 2.60 bits per heavy atom. The Hall–Kier alpha value is -2.83. The van der Waals surface area contributed by atoms with E-state index in [4.69, 9.17) is 4.42 Å². The summed E-state index contributed by atoms with van der Waals surface area (Å²) in [7, 11) is -3.57. The first-order valence-electron chi connectivity index (χ1n) is 9.16. The molecule has 156 valence electrons. The highest BCUT2D eigenvalue weighted by Crippen LogP contribution is 2.30. The van der Waals surface area contributed by atoms with Crippen LogP contribution < -0.4 is 0 Å². The number of hydrogen-bond acceptors (Lipinski definition) is 9. The van der Waals surface area contributed by atoms with Crippen molar-refractivity contribution in [3.05, 3.63) is 52.7 Å². The molecule has 10 nitrogen and oxygen atoms in total. The van der Waals surface area contributed by atoms with Gasteiger partial charge in [0.05, 0.1) is 9.82 Å². The van der Waals surface area contributed by atoms with Crippen LogP contribution >= 0.6 is 11.8 Å². The van der Waals surface area contributed by atoms with E-state index >= 15 is 0 Å². The van der Waals surface area contributed by atoms with E-state index in [1.165, 1.54) is 22.5 Å². The van der Waals surface area contributed by atoms with E-state index in [0.717, 1.165) is 37.2 Å². The van der Waals surface area contributed by atoms with Crippen molar-refractivity contribution in [3.63, 3.8) is 0 Å². The van der Waals surface area contributed by atoms with E-state index in [2.05, 4.69) is 15.2 Å². The number of rotatable bonds is 6. The molecule has 1 fully saturated rings. The maximum atomic E-state index is 12.9. The van der Waals surface area contributed by atoms with Crippen molar-refractivity contribution in [1.29, 1.82) is 0 Å². The Kier molecular flexibility index (Phi) is 5.79. The summed E-state index contributed by atoms with van der Waals surface area (Å²) in [4.78, 5) is 14.3. The summed E-state index contributed by atoms with van der Waals surface area (Å²) in [5.74, 6) is 0.176. The van der Waals surface area contributed by atoms with Crippen LogP contribution in [-0.4, -0.2) is 45.9 Å². The Balaban J connectivity index is 1.53. The van der Waals surface area contributed by atoms with Crippen molar-refractivity contribution in [3.8, 4) is 11.5 Å². The number of sulfonamides is 1. The summed E-state index contributed by atoms with van der Waals surface area (Å²) in [6, 6.07) is 9.23. The van der Waals surface area contributed by atoms with Gasteiger partial charge in [-0.2, -0.15) is 4.31 Å². The number of benzene rings is 1. The molecule has 0 aliphatic carbocycles. The molecule has 0 spiro atoms. The van der Waals surface area contributed by atoms with Gasteiger partial charge in [0.2, 0.25) is 15.9 Å². The minimum Gasteiger partial charge on any atom is -0.411 e. The molecule has 0 atom stereocenters. The highest BCUT2D eigenvalue weighted by atomic mass is 32.2. The van der Waals surface area contributed by atoms with Gasteiger partial charge in [-0.1, -0.05) is 12.5 Å². The molecule has 0 amide bonds. The van der Waals surface area contributed by atoms with Gasteiger partial charge >= 0.3 is 0 Å². The molecule has 4 rings (SSSR count). The Morgan fingerprint density at radius 1 is 1.10 bits per heavy atom. The first kappa shape index (κ1) is 20.4. The predicted molar refractivity (Wildman–Crippen MR) is 107 cm³/mol. The number of pyridine rings is 1. The SMILES string of the molecule is O=[N+]([O-])c1ccc(Sc2nnc(-c3cccc(S(=O)(=O)N4CCCCC4)c3)o2)nc1. The molecule has 1 aliphatic heterocycles. The van der Waals surface area contributed by atoms with Gasteiger partial charge < -0.3 is 4.42 Å². The van der Waals surface area contributed by atoms with Crippen LogP contribution in [-0.2, 0) is 10.0 Å². The van der Waals surface area contributed by atoms with Crippen LogP contribution in [0.25, 0.3) is 11.5 Å². The van der Waals surface area contributed by atoms with Crippen molar-refractivity contribution in [2.75, 3.05) is 13.1 Å². The van der Waals surface area contributed by atoms with E-state index in [9.17, 15) is 18.5 Å². The standard InChI is InChI=1S/C18H17N5O5S2/c24-23(25)14-7-8-16(19-12-14)29-18-21-20-17(28-18)13-5-4-6-15(11-13)30(26,27)22-9-2-1-3-10-22/h4-8,11-12H,1-3,9-10H2. The summed E-state index contributed by atoms with van der Waals surface area (Å²) < 4.78 is 32.9. The van der Waals surface area contributed by atoms with Crippen LogP contribution in [0.2, 0.25) is 0 Å². The lowest BCUT2D eigenvalue weighted by Gasteiger charge is -2.25. The van der Waals surface area contributed by atoms with Crippen LogP contribution in [0.15, 0.2) is 62.2 Å². The number of hydrogen-bond donors (Lipinski definition) is 0. The average Bonchev–Trinajstić information content (AvgIpc) is 3.23. The normalized spacial score (nSPS) is 15.2. The van der Waals surface area contributed by atoms with E-state index in [-0.39, 0.29) is 21.7 Å². The third-order valence-electron chi connectivity index (χ3n) is 4.56. The van der Waals surface area contributed by atoms with E-state index in [1.807, 2.05) is 0 Å². The molecule has 0 saturated carbocycles. The fraction of sp³-hybridized carbons (Fsp3) is 0.278. The van der Waals surface area contributed by atoms with Crippen LogP contribution in [0.4, 0.5) is 5.69 Å². The summed E-state index contributed by atoms with van der Waals surface area (Å²) in [5.41, 5.74) is 0.376. The second-order valence-corrected chi connectivity index (χ2v) is 9.49. The molecule has 3 aromatic rings. The van der Waals surface area contributed by atoms with Crippen molar-refractivity contribution < 1.29 is 17.8 Å². The van der Waals surface area contributed by atoms with Crippen LogP contribution in [0.5, 0.6) is 0 Å². The first-order valence-corrected chi connectivity index (χ1v) is 11.4. The number of aromatic nitrogens is 3. The van der Waals surface area contributed by atoms with Crippen LogP contribution in [0.1, 0.15) is 19.3 Å². The highest BCUT2D eigenvalue weighted by molar-refractivity contribution is 7.99. The largest absolute Gasteiger partial charge is 0.411 e. The molecule has 12 heteroatoms. The van der Waals surface area contributed by atoms with Gasteiger partial charge in [0.25, 0.3) is 10.9 Å². The Bertz CT molecular complexity index is 1160. The van der Waals surface area contributed by atoms with Gasteiger partial charge in [-0.25, -0.2) is 13.4 Å². The van der Waals surface area contributed by atoms with Crippen LogP contribution in [0.3, 0.4) is 0 Å². The van der Waals surface area contributed by atoms with Gasteiger partial charge in [0, 0.05) is 24.7 Å². The van der Waals surface area contributed by atoms with Gasteiger partial charge in [-0.3, -0.25) is 10.1 Å². The lowest BCUT2D eigenvalue weighted by molar-refractivity contribution is -0.385. The molecule has 30 heavy (non-hydrogen) atoms. The second-order valence-electron chi connectivity index (χ2n) is 6.58. The zero-order valence-corrected chi connectivity index (χ0v) is 17.3. The molecular weight excluding hydrogens is 430 g/mol. The minimum absolute atomic E-state index is 0.114.